The third-order valence-electron chi connectivity index (χ3n) is 3.48. The van der Waals surface area contributed by atoms with Gasteiger partial charge in [-0.05, 0) is 47.8 Å². The van der Waals surface area contributed by atoms with Gasteiger partial charge in [-0.1, -0.05) is 0 Å². The quantitative estimate of drug-likeness (QED) is 0.666. The van der Waals surface area contributed by atoms with Gasteiger partial charge < -0.3 is 19.7 Å². The molecule has 2 unspecified atom stereocenters. The fourth-order valence-corrected chi connectivity index (χ4v) is 1.94. The van der Waals surface area contributed by atoms with E-state index >= 15 is 0 Å². The van der Waals surface area contributed by atoms with Crippen LogP contribution in [0.4, 0.5) is 0 Å². The first-order chi connectivity index (χ1) is 7.87. The van der Waals surface area contributed by atoms with Crippen molar-refractivity contribution in [2.45, 2.75) is 44.9 Å². The van der Waals surface area contributed by atoms with Crippen LogP contribution in [0.15, 0.2) is 0 Å². The Hall–Kier alpha value is -0.160. The Labute approximate surface area is 107 Å². The summed E-state index contributed by atoms with van der Waals surface area (Å²) in [5.41, 5.74) is -0.136. The number of ether oxygens (including phenoxy) is 2. The molecule has 0 aliphatic heterocycles. The lowest BCUT2D eigenvalue weighted by atomic mass is 9.95. The fourth-order valence-electron chi connectivity index (χ4n) is 1.94. The molecule has 4 nitrogen and oxygen atoms in total. The van der Waals surface area contributed by atoms with Crippen LogP contribution in [0.5, 0.6) is 0 Å². The molecule has 0 aromatic rings. The minimum absolute atomic E-state index is 0.136. The van der Waals surface area contributed by atoms with Crippen molar-refractivity contribution in [3.05, 3.63) is 0 Å². The Kier molecular flexibility index (Phi) is 7.96. The predicted molar refractivity (Wildman–Crippen MR) is 72.5 cm³/mol. The first kappa shape index (κ1) is 16.8. The molecule has 0 aromatic carbocycles. The van der Waals surface area contributed by atoms with Gasteiger partial charge in [-0.3, -0.25) is 0 Å². The highest BCUT2D eigenvalue weighted by Crippen LogP contribution is 2.16. The van der Waals surface area contributed by atoms with Crippen LogP contribution in [0.1, 0.15) is 27.2 Å². The Morgan fingerprint density at radius 3 is 2.29 bits per heavy atom. The summed E-state index contributed by atoms with van der Waals surface area (Å²) in [6.45, 7) is 8.31. The SMILES string of the molecule is CNC(CCN(C)CC(C)OC)C(C)(C)OC. The van der Waals surface area contributed by atoms with Gasteiger partial charge in [-0.15, -0.1) is 0 Å². The molecule has 0 aromatic heterocycles. The van der Waals surface area contributed by atoms with Gasteiger partial charge in [0.2, 0.25) is 0 Å². The summed E-state index contributed by atoms with van der Waals surface area (Å²) >= 11 is 0. The van der Waals surface area contributed by atoms with E-state index < -0.39 is 0 Å². The topological polar surface area (TPSA) is 33.7 Å². The lowest BCUT2D eigenvalue weighted by Gasteiger charge is -2.34. The largest absolute Gasteiger partial charge is 0.380 e. The molecule has 0 saturated heterocycles. The molecule has 0 bridgehead atoms. The zero-order valence-corrected chi connectivity index (χ0v) is 12.5. The minimum atomic E-state index is -0.136. The summed E-state index contributed by atoms with van der Waals surface area (Å²) in [5, 5.41) is 3.33. The van der Waals surface area contributed by atoms with Gasteiger partial charge in [0.1, 0.15) is 0 Å². The van der Waals surface area contributed by atoms with Crippen molar-refractivity contribution >= 4 is 0 Å². The molecule has 0 rings (SSSR count). The van der Waals surface area contributed by atoms with Crippen LogP contribution < -0.4 is 5.32 Å². The van der Waals surface area contributed by atoms with Gasteiger partial charge >= 0.3 is 0 Å². The molecule has 4 heteroatoms. The van der Waals surface area contributed by atoms with E-state index in [1.165, 1.54) is 0 Å². The summed E-state index contributed by atoms with van der Waals surface area (Å²) in [6, 6.07) is 0.354. The summed E-state index contributed by atoms with van der Waals surface area (Å²) in [6.07, 6.45) is 1.34. The highest BCUT2D eigenvalue weighted by atomic mass is 16.5. The van der Waals surface area contributed by atoms with Crippen molar-refractivity contribution < 1.29 is 9.47 Å². The number of nitrogens with zero attached hydrogens (tertiary/aromatic N) is 1. The van der Waals surface area contributed by atoms with Gasteiger partial charge in [0.25, 0.3) is 0 Å². The maximum atomic E-state index is 5.52. The van der Waals surface area contributed by atoms with Crippen LogP contribution in [0.2, 0.25) is 0 Å². The molecule has 2 atom stereocenters. The van der Waals surface area contributed by atoms with E-state index in [0.717, 1.165) is 19.5 Å². The standard InChI is InChI=1S/C13H30N2O2/c1-11(16-6)10-15(5)9-8-12(14-4)13(2,3)17-7/h11-12,14H,8-10H2,1-7H3. The molecule has 1 N–H and O–H groups in total. The Morgan fingerprint density at radius 2 is 1.88 bits per heavy atom. The molecule has 0 saturated carbocycles. The predicted octanol–water partition coefficient (Wildman–Crippen LogP) is 1.36. The second kappa shape index (κ2) is 8.03. The molecule has 0 aliphatic carbocycles. The van der Waals surface area contributed by atoms with E-state index in [4.69, 9.17) is 9.47 Å². The average molecular weight is 246 g/mol. The molecule has 0 fully saturated rings. The number of nitrogens with one attached hydrogen (secondary N) is 1. The van der Waals surface area contributed by atoms with Crippen LogP contribution in [0.25, 0.3) is 0 Å². The molecule has 0 amide bonds. The van der Waals surface area contributed by atoms with Crippen molar-refractivity contribution in [2.24, 2.45) is 0 Å². The molecule has 17 heavy (non-hydrogen) atoms. The van der Waals surface area contributed by atoms with Crippen molar-refractivity contribution in [1.82, 2.24) is 10.2 Å². The molecular weight excluding hydrogens is 216 g/mol. The lowest BCUT2D eigenvalue weighted by Crippen LogP contribution is -2.48. The zero-order chi connectivity index (χ0) is 13.5. The van der Waals surface area contributed by atoms with E-state index in [9.17, 15) is 0 Å². The summed E-state index contributed by atoms with van der Waals surface area (Å²) < 4.78 is 10.8. The Bertz CT molecular complexity index is 198. The van der Waals surface area contributed by atoms with E-state index in [0.29, 0.717) is 6.04 Å². The van der Waals surface area contributed by atoms with E-state index in [1.54, 1.807) is 14.2 Å². The highest BCUT2D eigenvalue weighted by molar-refractivity contribution is 4.85. The maximum Gasteiger partial charge on any atom is 0.0775 e. The van der Waals surface area contributed by atoms with Crippen LogP contribution in [0, 0.1) is 0 Å². The van der Waals surface area contributed by atoms with Crippen LogP contribution in [-0.4, -0.2) is 64.1 Å². The van der Waals surface area contributed by atoms with Crippen molar-refractivity contribution in [1.29, 1.82) is 0 Å². The van der Waals surface area contributed by atoms with Gasteiger partial charge in [-0.25, -0.2) is 0 Å². The van der Waals surface area contributed by atoms with Gasteiger partial charge in [0.05, 0.1) is 11.7 Å². The monoisotopic (exact) mass is 246 g/mol. The van der Waals surface area contributed by atoms with Crippen molar-refractivity contribution in [2.75, 3.05) is 41.4 Å². The van der Waals surface area contributed by atoms with Crippen LogP contribution >= 0.6 is 0 Å². The number of methoxy groups -OCH3 is 2. The summed E-state index contributed by atoms with van der Waals surface area (Å²) in [7, 11) is 7.63. The number of hydrogen-bond acceptors (Lipinski definition) is 4. The molecule has 0 spiro atoms. The van der Waals surface area contributed by atoms with Gasteiger partial charge in [-0.2, -0.15) is 0 Å². The normalized spacial score (nSPS) is 16.2. The van der Waals surface area contributed by atoms with E-state index in [1.807, 2.05) is 7.05 Å². The number of hydrogen-bond donors (Lipinski definition) is 1. The molecular formula is C13H30N2O2. The molecule has 0 heterocycles. The Balaban J connectivity index is 4.06. The van der Waals surface area contributed by atoms with Crippen LogP contribution in [-0.2, 0) is 9.47 Å². The van der Waals surface area contributed by atoms with E-state index in [-0.39, 0.29) is 11.7 Å². The lowest BCUT2D eigenvalue weighted by molar-refractivity contribution is -0.0132. The van der Waals surface area contributed by atoms with Crippen molar-refractivity contribution in [3.63, 3.8) is 0 Å². The summed E-state index contributed by atoms with van der Waals surface area (Å²) in [5.74, 6) is 0. The first-order valence-corrected chi connectivity index (χ1v) is 6.31. The number of rotatable bonds is 9. The molecule has 0 radical (unpaired) electrons. The fraction of sp³-hybridized carbons (Fsp3) is 1.00. The Morgan fingerprint density at radius 1 is 1.29 bits per heavy atom. The van der Waals surface area contributed by atoms with Gasteiger partial charge in [0, 0.05) is 26.8 Å². The smallest absolute Gasteiger partial charge is 0.0775 e. The van der Waals surface area contributed by atoms with Crippen molar-refractivity contribution in [3.8, 4) is 0 Å². The summed E-state index contributed by atoms with van der Waals surface area (Å²) in [4.78, 5) is 2.30. The zero-order valence-electron chi connectivity index (χ0n) is 12.5. The maximum absolute atomic E-state index is 5.52. The second-order valence-electron chi connectivity index (χ2n) is 5.25. The molecule has 0 aliphatic rings. The minimum Gasteiger partial charge on any atom is -0.380 e. The second-order valence-corrected chi connectivity index (χ2v) is 5.25. The van der Waals surface area contributed by atoms with E-state index in [2.05, 4.69) is 38.0 Å². The van der Waals surface area contributed by atoms with Gasteiger partial charge in [0.15, 0.2) is 0 Å². The highest BCUT2D eigenvalue weighted by Gasteiger charge is 2.27. The third kappa shape index (κ3) is 6.36. The first-order valence-electron chi connectivity index (χ1n) is 6.31. The van der Waals surface area contributed by atoms with Crippen LogP contribution in [0.3, 0.4) is 0 Å². The third-order valence-corrected chi connectivity index (χ3v) is 3.48. The number of likely N-dealkylation sites (N-methyl/N-ethyl adjacent to an activating group) is 2. The average Bonchev–Trinajstić information content (AvgIpc) is 2.29. The molecule has 104 valence electrons.